The van der Waals surface area contributed by atoms with Gasteiger partial charge in [0.1, 0.15) is 0 Å². The lowest BCUT2D eigenvalue weighted by Crippen LogP contribution is -2.47. The van der Waals surface area contributed by atoms with E-state index in [1.807, 2.05) is 7.05 Å². The highest BCUT2D eigenvalue weighted by Gasteiger charge is 2.10. The number of hydrogen-bond acceptors (Lipinski definition) is 1. The first-order valence-corrected chi connectivity index (χ1v) is 5.98. The van der Waals surface area contributed by atoms with Crippen LogP contribution in [0.1, 0.15) is 53.4 Å². The van der Waals surface area contributed by atoms with E-state index in [0.717, 1.165) is 12.5 Å². The molecule has 0 saturated heterocycles. The highest BCUT2D eigenvalue weighted by molar-refractivity contribution is 14.0. The van der Waals surface area contributed by atoms with E-state index < -0.39 is 0 Å². The molecule has 0 aliphatic carbocycles. The van der Waals surface area contributed by atoms with Gasteiger partial charge in [-0.25, -0.2) is 0 Å². The van der Waals surface area contributed by atoms with Crippen LogP contribution in [0.2, 0.25) is 0 Å². The Morgan fingerprint density at radius 2 is 1.75 bits per heavy atom. The second-order valence-electron chi connectivity index (χ2n) is 4.93. The minimum atomic E-state index is 0. The maximum Gasteiger partial charge on any atom is 0.191 e. The van der Waals surface area contributed by atoms with E-state index in [-0.39, 0.29) is 29.5 Å². The molecular weight excluding hydrogens is 313 g/mol. The Labute approximate surface area is 118 Å². The maximum absolute atomic E-state index is 4.19. The van der Waals surface area contributed by atoms with Crippen molar-refractivity contribution in [1.82, 2.24) is 10.6 Å². The van der Waals surface area contributed by atoms with Crippen LogP contribution in [-0.2, 0) is 0 Å². The zero-order valence-corrected chi connectivity index (χ0v) is 13.7. The van der Waals surface area contributed by atoms with Gasteiger partial charge in [-0.15, -0.1) is 24.0 Å². The molecule has 0 atom stereocenters. The second-order valence-corrected chi connectivity index (χ2v) is 4.93. The van der Waals surface area contributed by atoms with Crippen molar-refractivity contribution in [1.29, 1.82) is 0 Å². The van der Waals surface area contributed by atoms with Crippen LogP contribution < -0.4 is 10.6 Å². The molecule has 98 valence electrons. The van der Waals surface area contributed by atoms with Crippen molar-refractivity contribution in [3.63, 3.8) is 0 Å². The molecule has 0 radical (unpaired) electrons. The fourth-order valence-electron chi connectivity index (χ4n) is 1.29. The molecule has 3 nitrogen and oxygen atoms in total. The van der Waals surface area contributed by atoms with E-state index in [0.29, 0.717) is 0 Å². The van der Waals surface area contributed by atoms with Crippen molar-refractivity contribution >= 4 is 29.9 Å². The monoisotopic (exact) mass is 341 g/mol. The van der Waals surface area contributed by atoms with E-state index in [1.165, 1.54) is 25.7 Å². The fourth-order valence-corrected chi connectivity index (χ4v) is 1.29. The molecule has 0 aromatic heterocycles. The summed E-state index contributed by atoms with van der Waals surface area (Å²) >= 11 is 0. The molecule has 0 aromatic rings. The molecule has 0 spiro atoms. The lowest BCUT2D eigenvalue weighted by Gasteiger charge is -2.23. The number of nitrogens with one attached hydrogen (secondary N) is 2. The van der Waals surface area contributed by atoms with Gasteiger partial charge in [0.2, 0.25) is 0 Å². The standard InChI is InChI=1S/C12H27N3.HI/c1-6-7-8-9-10-14-11(13-5)15-12(2,3)4;/h6-10H2,1-5H3,(H2,13,14,15);1H. The molecule has 0 unspecified atom stereocenters. The average Bonchev–Trinajstić information content (AvgIpc) is 2.14. The molecule has 0 rings (SSSR count). The van der Waals surface area contributed by atoms with Gasteiger partial charge in [0, 0.05) is 19.1 Å². The van der Waals surface area contributed by atoms with Gasteiger partial charge >= 0.3 is 0 Å². The maximum atomic E-state index is 4.19. The minimum Gasteiger partial charge on any atom is -0.356 e. The molecule has 0 aliphatic heterocycles. The van der Waals surface area contributed by atoms with Gasteiger partial charge in [-0.05, 0) is 27.2 Å². The predicted octanol–water partition coefficient (Wildman–Crippen LogP) is 3.15. The Kier molecular flexibility index (Phi) is 11.7. The van der Waals surface area contributed by atoms with Gasteiger partial charge in [-0.3, -0.25) is 4.99 Å². The Morgan fingerprint density at radius 1 is 1.12 bits per heavy atom. The molecule has 0 aliphatic rings. The van der Waals surface area contributed by atoms with Crippen molar-refractivity contribution in [3.05, 3.63) is 0 Å². The van der Waals surface area contributed by atoms with Crippen LogP contribution in [0.25, 0.3) is 0 Å². The van der Waals surface area contributed by atoms with E-state index in [2.05, 4.69) is 43.3 Å². The van der Waals surface area contributed by atoms with Gasteiger partial charge in [0.05, 0.1) is 0 Å². The van der Waals surface area contributed by atoms with Crippen molar-refractivity contribution in [2.24, 2.45) is 4.99 Å². The van der Waals surface area contributed by atoms with Crippen molar-refractivity contribution in [2.45, 2.75) is 58.9 Å². The van der Waals surface area contributed by atoms with Gasteiger partial charge in [-0.1, -0.05) is 26.2 Å². The van der Waals surface area contributed by atoms with Gasteiger partial charge in [0.15, 0.2) is 5.96 Å². The van der Waals surface area contributed by atoms with Crippen molar-refractivity contribution in [2.75, 3.05) is 13.6 Å². The molecule has 0 saturated carbocycles. The summed E-state index contributed by atoms with van der Waals surface area (Å²) < 4.78 is 0. The topological polar surface area (TPSA) is 36.4 Å². The summed E-state index contributed by atoms with van der Waals surface area (Å²) in [5, 5.41) is 6.66. The average molecular weight is 341 g/mol. The third-order valence-electron chi connectivity index (χ3n) is 2.04. The third kappa shape index (κ3) is 12.1. The number of unbranched alkanes of at least 4 members (excludes halogenated alkanes) is 3. The zero-order chi connectivity index (χ0) is 11.7. The summed E-state index contributed by atoms with van der Waals surface area (Å²) in [5.41, 5.74) is 0.0747. The first kappa shape index (κ1) is 18.4. The van der Waals surface area contributed by atoms with Gasteiger partial charge in [0.25, 0.3) is 0 Å². The lowest BCUT2D eigenvalue weighted by molar-refractivity contribution is 0.500. The van der Waals surface area contributed by atoms with Crippen LogP contribution in [0.5, 0.6) is 0 Å². The zero-order valence-electron chi connectivity index (χ0n) is 11.4. The normalized spacial score (nSPS) is 11.9. The molecule has 0 fully saturated rings. The molecule has 0 aromatic carbocycles. The van der Waals surface area contributed by atoms with Crippen LogP contribution in [0.3, 0.4) is 0 Å². The molecule has 2 N–H and O–H groups in total. The summed E-state index contributed by atoms with van der Waals surface area (Å²) in [6, 6.07) is 0. The van der Waals surface area contributed by atoms with Crippen LogP contribution in [0, 0.1) is 0 Å². The number of nitrogens with zero attached hydrogens (tertiary/aromatic N) is 1. The first-order chi connectivity index (χ1) is 6.99. The van der Waals surface area contributed by atoms with Crippen LogP contribution in [-0.4, -0.2) is 25.1 Å². The molecule has 4 heteroatoms. The van der Waals surface area contributed by atoms with Crippen LogP contribution in [0.15, 0.2) is 4.99 Å². The number of halogens is 1. The summed E-state index contributed by atoms with van der Waals surface area (Å²) in [6.45, 7) is 9.65. The molecule has 0 heterocycles. The number of guanidine groups is 1. The molecule has 0 bridgehead atoms. The van der Waals surface area contributed by atoms with Crippen LogP contribution >= 0.6 is 24.0 Å². The summed E-state index contributed by atoms with van der Waals surface area (Å²) in [7, 11) is 1.81. The highest BCUT2D eigenvalue weighted by atomic mass is 127. The van der Waals surface area contributed by atoms with Gasteiger partial charge in [-0.2, -0.15) is 0 Å². The molecule has 16 heavy (non-hydrogen) atoms. The summed E-state index contributed by atoms with van der Waals surface area (Å²) in [5.74, 6) is 0.902. The smallest absolute Gasteiger partial charge is 0.191 e. The largest absolute Gasteiger partial charge is 0.356 e. The Bertz CT molecular complexity index is 185. The highest BCUT2D eigenvalue weighted by Crippen LogP contribution is 1.99. The van der Waals surface area contributed by atoms with Gasteiger partial charge < -0.3 is 10.6 Å². The molecular formula is C12H28IN3. The Morgan fingerprint density at radius 3 is 2.19 bits per heavy atom. The first-order valence-electron chi connectivity index (χ1n) is 5.98. The Balaban J connectivity index is 0. The third-order valence-corrected chi connectivity index (χ3v) is 2.04. The van der Waals surface area contributed by atoms with E-state index in [4.69, 9.17) is 0 Å². The Hall–Kier alpha value is 0. The lowest BCUT2D eigenvalue weighted by atomic mass is 10.1. The van der Waals surface area contributed by atoms with E-state index in [9.17, 15) is 0 Å². The quantitative estimate of drug-likeness (QED) is 0.349. The summed E-state index contributed by atoms with van der Waals surface area (Å²) in [6.07, 6.45) is 5.14. The minimum absolute atomic E-state index is 0. The number of rotatable bonds is 5. The van der Waals surface area contributed by atoms with Crippen molar-refractivity contribution in [3.8, 4) is 0 Å². The SMILES string of the molecule is CCCCCCNC(=NC)NC(C)(C)C.I. The summed E-state index contributed by atoms with van der Waals surface area (Å²) in [4.78, 5) is 4.19. The second kappa shape index (κ2) is 10.2. The predicted molar refractivity (Wildman–Crippen MR) is 83.8 cm³/mol. The van der Waals surface area contributed by atoms with E-state index in [1.54, 1.807) is 0 Å². The van der Waals surface area contributed by atoms with Crippen molar-refractivity contribution < 1.29 is 0 Å². The van der Waals surface area contributed by atoms with E-state index >= 15 is 0 Å². The van der Waals surface area contributed by atoms with Crippen LogP contribution in [0.4, 0.5) is 0 Å². The number of aliphatic imine (C=N–C) groups is 1. The number of hydrogen-bond donors (Lipinski definition) is 2. The fraction of sp³-hybridized carbons (Fsp3) is 0.917. The molecule has 0 amide bonds.